The van der Waals surface area contributed by atoms with Crippen LogP contribution in [0.15, 0.2) is 24.4 Å². The summed E-state index contributed by atoms with van der Waals surface area (Å²) in [6.45, 7) is 6.83. The monoisotopic (exact) mass is 182 g/mol. The molecule has 0 spiro atoms. The van der Waals surface area contributed by atoms with Gasteiger partial charge in [-0.1, -0.05) is 13.0 Å². The summed E-state index contributed by atoms with van der Waals surface area (Å²) >= 11 is 1.69. The summed E-state index contributed by atoms with van der Waals surface area (Å²) in [6.07, 6.45) is 4.82. The van der Waals surface area contributed by atoms with Gasteiger partial charge in [0.25, 0.3) is 0 Å². The molecule has 1 heterocycles. The molecule has 2 nitrogen and oxygen atoms in total. The molecule has 0 aliphatic rings. The zero-order valence-corrected chi connectivity index (χ0v) is 8.10. The largest absolute Gasteiger partial charge is 0.309 e. The van der Waals surface area contributed by atoms with Gasteiger partial charge in [0.2, 0.25) is 0 Å². The molecule has 0 bridgehead atoms. The van der Waals surface area contributed by atoms with Crippen LogP contribution in [-0.4, -0.2) is 11.5 Å². The van der Waals surface area contributed by atoms with E-state index < -0.39 is 0 Å². The van der Waals surface area contributed by atoms with Crippen molar-refractivity contribution in [2.45, 2.75) is 19.4 Å². The molecule has 0 aliphatic carbocycles. The third-order valence-electron chi connectivity index (χ3n) is 1.65. The number of hydrogen-bond donors (Lipinski definition) is 1. The number of aromatic nitrogens is 1. The summed E-state index contributed by atoms with van der Waals surface area (Å²) < 4.78 is 0. The van der Waals surface area contributed by atoms with Gasteiger partial charge in [-0.2, -0.15) is 0 Å². The van der Waals surface area contributed by atoms with Crippen LogP contribution < -0.4 is 5.32 Å². The van der Waals surface area contributed by atoms with Crippen LogP contribution in [0.25, 0.3) is 0 Å². The molecule has 0 amide bonds. The maximum Gasteiger partial charge on any atom is 0.0794 e. The fourth-order valence-electron chi connectivity index (χ4n) is 1.11. The fourth-order valence-corrected chi connectivity index (χ4v) is 1.82. The van der Waals surface area contributed by atoms with E-state index in [-0.39, 0.29) is 0 Å². The second-order valence-electron chi connectivity index (χ2n) is 2.54. The van der Waals surface area contributed by atoms with E-state index in [0.717, 1.165) is 13.0 Å². The SMILES string of the molecule is C=CCC(NCC)c1cncs1. The highest BCUT2D eigenvalue weighted by Gasteiger charge is 2.08. The van der Waals surface area contributed by atoms with Gasteiger partial charge in [0, 0.05) is 17.1 Å². The summed E-state index contributed by atoms with van der Waals surface area (Å²) in [7, 11) is 0. The van der Waals surface area contributed by atoms with E-state index in [1.807, 2.05) is 17.8 Å². The predicted molar refractivity (Wildman–Crippen MR) is 53.3 cm³/mol. The molecule has 1 unspecified atom stereocenters. The number of nitrogens with zero attached hydrogens (tertiary/aromatic N) is 1. The topological polar surface area (TPSA) is 24.9 Å². The summed E-state index contributed by atoms with van der Waals surface area (Å²) in [5.41, 5.74) is 1.86. The van der Waals surface area contributed by atoms with E-state index in [1.165, 1.54) is 4.88 Å². The first kappa shape index (κ1) is 9.42. The van der Waals surface area contributed by atoms with Crippen LogP contribution in [0.5, 0.6) is 0 Å². The minimum Gasteiger partial charge on any atom is -0.309 e. The molecule has 12 heavy (non-hydrogen) atoms. The van der Waals surface area contributed by atoms with E-state index in [0.29, 0.717) is 6.04 Å². The molecule has 0 aromatic carbocycles. The molecule has 0 saturated carbocycles. The Morgan fingerprint density at radius 1 is 1.83 bits per heavy atom. The standard InChI is InChI=1S/C9H14N2S/c1-3-5-8(11-4-2)9-6-10-7-12-9/h3,6-8,11H,1,4-5H2,2H3. The summed E-state index contributed by atoms with van der Waals surface area (Å²) in [4.78, 5) is 5.34. The molecule has 0 radical (unpaired) electrons. The van der Waals surface area contributed by atoms with Gasteiger partial charge in [0.05, 0.1) is 5.51 Å². The summed E-state index contributed by atoms with van der Waals surface area (Å²) in [5, 5.41) is 3.39. The molecule has 66 valence electrons. The Hall–Kier alpha value is -0.670. The second kappa shape index (κ2) is 5.06. The first-order valence-electron chi connectivity index (χ1n) is 4.11. The Balaban J connectivity index is 2.59. The van der Waals surface area contributed by atoms with Crippen LogP contribution in [-0.2, 0) is 0 Å². The third kappa shape index (κ3) is 2.43. The highest BCUT2D eigenvalue weighted by atomic mass is 32.1. The average Bonchev–Trinajstić information content (AvgIpc) is 2.56. The highest BCUT2D eigenvalue weighted by Crippen LogP contribution is 2.20. The first-order chi connectivity index (χ1) is 5.88. The van der Waals surface area contributed by atoms with E-state index in [2.05, 4.69) is 23.8 Å². The third-order valence-corrected chi connectivity index (χ3v) is 2.54. The number of hydrogen-bond acceptors (Lipinski definition) is 3. The Morgan fingerprint density at radius 2 is 2.67 bits per heavy atom. The molecule has 0 fully saturated rings. The van der Waals surface area contributed by atoms with Crippen molar-refractivity contribution in [2.24, 2.45) is 0 Å². The second-order valence-corrected chi connectivity index (χ2v) is 3.46. The van der Waals surface area contributed by atoms with Crippen LogP contribution in [0.4, 0.5) is 0 Å². The van der Waals surface area contributed by atoms with Crippen molar-refractivity contribution < 1.29 is 0 Å². The fraction of sp³-hybridized carbons (Fsp3) is 0.444. The number of rotatable bonds is 5. The lowest BCUT2D eigenvalue weighted by Crippen LogP contribution is -2.19. The molecule has 0 aliphatic heterocycles. The molecular formula is C9H14N2S. The lowest BCUT2D eigenvalue weighted by Gasteiger charge is -2.12. The van der Waals surface area contributed by atoms with Crippen molar-refractivity contribution >= 4 is 11.3 Å². The highest BCUT2D eigenvalue weighted by molar-refractivity contribution is 7.09. The van der Waals surface area contributed by atoms with Crippen molar-refractivity contribution in [1.29, 1.82) is 0 Å². The number of thiazole rings is 1. The number of nitrogens with one attached hydrogen (secondary N) is 1. The van der Waals surface area contributed by atoms with Crippen LogP contribution in [0.2, 0.25) is 0 Å². The normalized spacial score (nSPS) is 12.8. The van der Waals surface area contributed by atoms with Gasteiger partial charge in [-0.05, 0) is 13.0 Å². The Bertz CT molecular complexity index is 218. The van der Waals surface area contributed by atoms with Crippen molar-refractivity contribution in [3.8, 4) is 0 Å². The molecule has 1 N–H and O–H groups in total. The zero-order chi connectivity index (χ0) is 8.81. The minimum absolute atomic E-state index is 0.403. The summed E-state index contributed by atoms with van der Waals surface area (Å²) in [5.74, 6) is 0. The quantitative estimate of drug-likeness (QED) is 0.707. The van der Waals surface area contributed by atoms with Crippen LogP contribution in [0, 0.1) is 0 Å². The lowest BCUT2D eigenvalue weighted by atomic mass is 10.2. The molecule has 1 rings (SSSR count). The van der Waals surface area contributed by atoms with Gasteiger partial charge in [-0.3, -0.25) is 4.98 Å². The zero-order valence-electron chi connectivity index (χ0n) is 7.29. The van der Waals surface area contributed by atoms with Crippen LogP contribution in [0.3, 0.4) is 0 Å². The van der Waals surface area contributed by atoms with E-state index in [1.54, 1.807) is 11.3 Å². The first-order valence-corrected chi connectivity index (χ1v) is 4.99. The molecule has 0 saturated heterocycles. The van der Waals surface area contributed by atoms with Crippen LogP contribution in [0.1, 0.15) is 24.3 Å². The van der Waals surface area contributed by atoms with Gasteiger partial charge in [-0.25, -0.2) is 0 Å². The van der Waals surface area contributed by atoms with E-state index in [4.69, 9.17) is 0 Å². The van der Waals surface area contributed by atoms with Crippen LogP contribution >= 0.6 is 11.3 Å². The van der Waals surface area contributed by atoms with Crippen molar-refractivity contribution in [3.05, 3.63) is 29.2 Å². The van der Waals surface area contributed by atoms with Crippen molar-refractivity contribution in [2.75, 3.05) is 6.54 Å². The van der Waals surface area contributed by atoms with Gasteiger partial charge >= 0.3 is 0 Å². The molecular weight excluding hydrogens is 168 g/mol. The molecule has 1 aromatic heterocycles. The van der Waals surface area contributed by atoms with Crippen molar-refractivity contribution in [3.63, 3.8) is 0 Å². The van der Waals surface area contributed by atoms with Gasteiger partial charge < -0.3 is 5.32 Å². The molecule has 1 atom stereocenters. The van der Waals surface area contributed by atoms with Gasteiger partial charge in [-0.15, -0.1) is 17.9 Å². The maximum atomic E-state index is 4.05. The average molecular weight is 182 g/mol. The predicted octanol–water partition coefficient (Wildman–Crippen LogP) is 2.37. The minimum atomic E-state index is 0.403. The Labute approximate surface area is 77.3 Å². The maximum absolute atomic E-state index is 4.05. The van der Waals surface area contributed by atoms with Crippen molar-refractivity contribution in [1.82, 2.24) is 10.3 Å². The summed E-state index contributed by atoms with van der Waals surface area (Å²) in [6, 6.07) is 0.403. The van der Waals surface area contributed by atoms with Gasteiger partial charge in [0.1, 0.15) is 0 Å². The molecule has 1 aromatic rings. The van der Waals surface area contributed by atoms with E-state index >= 15 is 0 Å². The van der Waals surface area contributed by atoms with Gasteiger partial charge in [0.15, 0.2) is 0 Å². The Kier molecular flexibility index (Phi) is 3.97. The smallest absolute Gasteiger partial charge is 0.0794 e. The molecule has 3 heteroatoms. The lowest BCUT2D eigenvalue weighted by molar-refractivity contribution is 0.567. The Morgan fingerprint density at radius 3 is 3.17 bits per heavy atom. The van der Waals surface area contributed by atoms with E-state index in [9.17, 15) is 0 Å².